The van der Waals surface area contributed by atoms with Gasteiger partial charge in [0.2, 0.25) is 0 Å². The first-order valence-corrected chi connectivity index (χ1v) is 7.96. The zero-order valence-electron chi connectivity index (χ0n) is 11.8. The number of carbonyl (C=O) groups excluding carboxylic acids is 1. The van der Waals surface area contributed by atoms with Crippen LogP contribution in [0.5, 0.6) is 0 Å². The normalized spacial score (nSPS) is 16.4. The average molecular weight is 317 g/mol. The molecule has 0 unspecified atom stereocenters. The van der Waals surface area contributed by atoms with E-state index in [0.717, 1.165) is 34.0 Å². The van der Waals surface area contributed by atoms with Gasteiger partial charge in [0.1, 0.15) is 0 Å². The molecule has 7 nitrogen and oxygen atoms in total. The standard InChI is InChI=1S/C14H15N5O2S/c15-14-17-9-2-1-8-10(12(9)22-14)11(19-18-8)13(20)16-7-3-5-21-6-4-7/h1-2,7H,3-6H2,(H2,15,17)(H,16,20)(H,18,19). The number of nitrogens with zero attached hydrogens (tertiary/aromatic N) is 2. The fourth-order valence-corrected chi connectivity index (χ4v) is 3.65. The van der Waals surface area contributed by atoms with Crippen molar-refractivity contribution in [2.75, 3.05) is 18.9 Å². The van der Waals surface area contributed by atoms with E-state index in [0.29, 0.717) is 24.0 Å². The zero-order chi connectivity index (χ0) is 15.1. The summed E-state index contributed by atoms with van der Waals surface area (Å²) < 4.78 is 6.20. The van der Waals surface area contributed by atoms with Crippen LogP contribution in [0, 0.1) is 0 Å². The Morgan fingerprint density at radius 3 is 3.05 bits per heavy atom. The third kappa shape index (κ3) is 2.20. The second-order valence-corrected chi connectivity index (χ2v) is 6.35. The summed E-state index contributed by atoms with van der Waals surface area (Å²) in [4.78, 5) is 16.8. The largest absolute Gasteiger partial charge is 0.381 e. The number of thiazole rings is 1. The molecule has 0 spiro atoms. The molecule has 1 aliphatic rings. The van der Waals surface area contributed by atoms with E-state index in [1.807, 2.05) is 12.1 Å². The van der Waals surface area contributed by atoms with Gasteiger partial charge >= 0.3 is 0 Å². The number of ether oxygens (including phenoxy) is 1. The summed E-state index contributed by atoms with van der Waals surface area (Å²) in [5, 5.41) is 11.4. The maximum atomic E-state index is 12.6. The van der Waals surface area contributed by atoms with Crippen molar-refractivity contribution in [2.45, 2.75) is 18.9 Å². The van der Waals surface area contributed by atoms with Crippen LogP contribution in [0.25, 0.3) is 21.1 Å². The summed E-state index contributed by atoms with van der Waals surface area (Å²) in [7, 11) is 0. The minimum atomic E-state index is -0.169. The number of nitrogens with two attached hydrogens (primary N) is 1. The SMILES string of the molecule is Nc1nc2ccc3[nH]nc(C(=O)NC4CCOCC4)c3c2s1. The Balaban J connectivity index is 1.74. The number of aromatic nitrogens is 3. The highest BCUT2D eigenvalue weighted by Gasteiger charge is 2.22. The van der Waals surface area contributed by atoms with Crippen LogP contribution in [-0.4, -0.2) is 40.3 Å². The average Bonchev–Trinajstić information content (AvgIpc) is 3.10. The number of nitrogen functional groups attached to an aromatic ring is 1. The lowest BCUT2D eigenvalue weighted by molar-refractivity contribution is 0.0695. The lowest BCUT2D eigenvalue weighted by atomic mass is 10.1. The summed E-state index contributed by atoms with van der Waals surface area (Å²) in [5.41, 5.74) is 7.79. The molecule has 1 saturated heterocycles. The first kappa shape index (κ1) is 13.5. The second-order valence-electron chi connectivity index (χ2n) is 5.32. The molecule has 0 aliphatic carbocycles. The quantitative estimate of drug-likeness (QED) is 0.666. The van der Waals surface area contributed by atoms with Crippen molar-refractivity contribution in [3.63, 3.8) is 0 Å². The predicted molar refractivity (Wildman–Crippen MR) is 85.0 cm³/mol. The fourth-order valence-electron chi connectivity index (χ4n) is 2.77. The number of hydrogen-bond acceptors (Lipinski definition) is 6. The molecule has 3 heterocycles. The maximum Gasteiger partial charge on any atom is 0.272 e. The molecule has 0 atom stereocenters. The molecule has 1 fully saturated rings. The Morgan fingerprint density at radius 1 is 1.41 bits per heavy atom. The molecular formula is C14H15N5O2S. The number of carbonyl (C=O) groups is 1. The zero-order valence-corrected chi connectivity index (χ0v) is 12.6. The van der Waals surface area contributed by atoms with Crippen LogP contribution in [0.2, 0.25) is 0 Å². The molecule has 1 aromatic carbocycles. The van der Waals surface area contributed by atoms with Crippen molar-refractivity contribution in [1.29, 1.82) is 0 Å². The van der Waals surface area contributed by atoms with Gasteiger partial charge in [0.25, 0.3) is 5.91 Å². The molecular weight excluding hydrogens is 302 g/mol. The van der Waals surface area contributed by atoms with Crippen molar-refractivity contribution in [2.24, 2.45) is 0 Å². The number of aromatic amines is 1. The Bertz CT molecular complexity index is 850. The van der Waals surface area contributed by atoms with E-state index < -0.39 is 0 Å². The monoisotopic (exact) mass is 317 g/mol. The number of hydrogen-bond donors (Lipinski definition) is 3. The number of anilines is 1. The van der Waals surface area contributed by atoms with Crippen LogP contribution >= 0.6 is 11.3 Å². The van der Waals surface area contributed by atoms with Crippen molar-refractivity contribution in [3.8, 4) is 0 Å². The Kier molecular flexibility index (Phi) is 3.20. The van der Waals surface area contributed by atoms with Gasteiger partial charge in [-0.05, 0) is 25.0 Å². The maximum absolute atomic E-state index is 12.6. The van der Waals surface area contributed by atoms with Gasteiger partial charge in [-0.25, -0.2) is 4.98 Å². The van der Waals surface area contributed by atoms with Crippen molar-refractivity contribution in [3.05, 3.63) is 17.8 Å². The molecule has 4 rings (SSSR count). The minimum Gasteiger partial charge on any atom is -0.381 e. The van der Waals surface area contributed by atoms with Crippen molar-refractivity contribution < 1.29 is 9.53 Å². The molecule has 0 radical (unpaired) electrons. The summed E-state index contributed by atoms with van der Waals surface area (Å²) in [6.07, 6.45) is 1.66. The molecule has 22 heavy (non-hydrogen) atoms. The lowest BCUT2D eigenvalue weighted by Gasteiger charge is -2.22. The Labute approximate surface area is 129 Å². The van der Waals surface area contributed by atoms with Crippen LogP contribution in [0.1, 0.15) is 23.3 Å². The third-order valence-electron chi connectivity index (χ3n) is 3.87. The number of rotatable bonds is 2. The number of amides is 1. The van der Waals surface area contributed by atoms with Gasteiger partial charge < -0.3 is 15.8 Å². The highest BCUT2D eigenvalue weighted by molar-refractivity contribution is 7.23. The molecule has 3 aromatic rings. The van der Waals surface area contributed by atoms with E-state index in [9.17, 15) is 4.79 Å². The van der Waals surface area contributed by atoms with E-state index in [4.69, 9.17) is 10.5 Å². The van der Waals surface area contributed by atoms with E-state index in [-0.39, 0.29) is 11.9 Å². The minimum absolute atomic E-state index is 0.138. The van der Waals surface area contributed by atoms with Crippen LogP contribution in [0.3, 0.4) is 0 Å². The van der Waals surface area contributed by atoms with E-state index in [1.54, 1.807) is 0 Å². The smallest absolute Gasteiger partial charge is 0.272 e. The topological polar surface area (TPSA) is 106 Å². The fraction of sp³-hybridized carbons (Fsp3) is 0.357. The van der Waals surface area contributed by atoms with Gasteiger partial charge in [0, 0.05) is 19.3 Å². The van der Waals surface area contributed by atoms with Gasteiger partial charge in [-0.3, -0.25) is 9.89 Å². The Morgan fingerprint density at radius 2 is 2.23 bits per heavy atom. The second kappa shape index (κ2) is 5.22. The van der Waals surface area contributed by atoms with Crippen LogP contribution in [0.15, 0.2) is 12.1 Å². The van der Waals surface area contributed by atoms with Gasteiger partial charge in [0.05, 0.1) is 21.1 Å². The summed E-state index contributed by atoms with van der Waals surface area (Å²) in [6.45, 7) is 1.36. The van der Waals surface area contributed by atoms with E-state index in [1.165, 1.54) is 11.3 Å². The molecule has 1 aliphatic heterocycles. The summed E-state index contributed by atoms with van der Waals surface area (Å²) in [6, 6.07) is 3.89. The summed E-state index contributed by atoms with van der Waals surface area (Å²) >= 11 is 1.37. The van der Waals surface area contributed by atoms with Crippen LogP contribution < -0.4 is 11.1 Å². The number of H-pyrrole nitrogens is 1. The molecule has 1 amide bonds. The van der Waals surface area contributed by atoms with Crippen LogP contribution in [0.4, 0.5) is 5.13 Å². The first-order valence-electron chi connectivity index (χ1n) is 7.14. The highest BCUT2D eigenvalue weighted by atomic mass is 32.1. The predicted octanol–water partition coefficient (Wildman–Crippen LogP) is 1.66. The highest BCUT2D eigenvalue weighted by Crippen LogP contribution is 2.32. The van der Waals surface area contributed by atoms with E-state index in [2.05, 4.69) is 20.5 Å². The number of nitrogens with one attached hydrogen (secondary N) is 2. The Hall–Kier alpha value is -2.19. The number of benzene rings is 1. The lowest BCUT2D eigenvalue weighted by Crippen LogP contribution is -2.39. The van der Waals surface area contributed by atoms with Crippen molar-refractivity contribution in [1.82, 2.24) is 20.5 Å². The van der Waals surface area contributed by atoms with Crippen molar-refractivity contribution >= 4 is 43.5 Å². The van der Waals surface area contributed by atoms with E-state index >= 15 is 0 Å². The van der Waals surface area contributed by atoms with Gasteiger partial charge in [-0.1, -0.05) is 11.3 Å². The molecule has 4 N–H and O–H groups in total. The van der Waals surface area contributed by atoms with Gasteiger partial charge in [0.15, 0.2) is 10.8 Å². The molecule has 114 valence electrons. The van der Waals surface area contributed by atoms with Gasteiger partial charge in [-0.2, -0.15) is 5.10 Å². The molecule has 8 heteroatoms. The molecule has 0 bridgehead atoms. The molecule has 2 aromatic heterocycles. The van der Waals surface area contributed by atoms with Gasteiger partial charge in [-0.15, -0.1) is 0 Å². The van der Waals surface area contributed by atoms with Crippen LogP contribution in [-0.2, 0) is 4.74 Å². The third-order valence-corrected chi connectivity index (χ3v) is 4.79. The summed E-state index contributed by atoms with van der Waals surface area (Å²) in [5.74, 6) is -0.169. The molecule has 0 saturated carbocycles. The number of fused-ring (bicyclic) bond motifs is 3. The first-order chi connectivity index (χ1) is 10.7.